The van der Waals surface area contributed by atoms with Crippen molar-refractivity contribution in [1.82, 2.24) is 0 Å². The van der Waals surface area contributed by atoms with Crippen LogP contribution in [0.15, 0.2) is 54.6 Å². The monoisotopic (exact) mass is 344 g/mol. The van der Waals surface area contributed by atoms with Crippen LogP contribution in [0.3, 0.4) is 0 Å². The summed E-state index contributed by atoms with van der Waals surface area (Å²) in [6.07, 6.45) is 0. The maximum atomic E-state index is 11.2. The number of hydrogen-bond acceptors (Lipinski definition) is 5. The smallest absolute Gasteiger partial charge is 0.318 e. The molecule has 0 heterocycles. The maximum Gasteiger partial charge on any atom is 0.318 e. The molecule has 3 rings (SSSR count). The third kappa shape index (κ3) is 2.84. The zero-order chi connectivity index (χ0) is 17.3. The summed E-state index contributed by atoms with van der Waals surface area (Å²) in [5, 5.41) is 23.9. The molecule has 0 atom stereocenters. The van der Waals surface area contributed by atoms with E-state index in [2.05, 4.69) is 0 Å². The van der Waals surface area contributed by atoms with Gasteiger partial charge in [-0.3, -0.25) is 20.2 Å². The van der Waals surface area contributed by atoms with Gasteiger partial charge in [0.2, 0.25) is 5.75 Å². The van der Waals surface area contributed by atoms with E-state index in [0.29, 0.717) is 5.02 Å². The van der Waals surface area contributed by atoms with Crippen LogP contribution in [0.2, 0.25) is 5.02 Å². The first kappa shape index (κ1) is 15.7. The number of nitro groups is 2. The van der Waals surface area contributed by atoms with Gasteiger partial charge in [0.25, 0.3) is 5.69 Å². The summed E-state index contributed by atoms with van der Waals surface area (Å²) in [6, 6.07) is 13.9. The zero-order valence-corrected chi connectivity index (χ0v) is 12.8. The number of rotatable bonds is 4. The third-order valence-corrected chi connectivity index (χ3v) is 3.79. The molecule has 0 aliphatic heterocycles. The zero-order valence-electron chi connectivity index (χ0n) is 12.0. The maximum absolute atomic E-state index is 11.2. The van der Waals surface area contributed by atoms with Gasteiger partial charge in [0.15, 0.2) is 0 Å². The molecular weight excluding hydrogens is 336 g/mol. The van der Waals surface area contributed by atoms with Crippen molar-refractivity contribution >= 4 is 33.7 Å². The molecule has 8 heteroatoms. The molecule has 0 aliphatic rings. The highest BCUT2D eigenvalue weighted by molar-refractivity contribution is 6.37. The molecule has 0 radical (unpaired) electrons. The van der Waals surface area contributed by atoms with Crippen molar-refractivity contribution in [3.63, 3.8) is 0 Å². The fourth-order valence-electron chi connectivity index (χ4n) is 2.26. The van der Waals surface area contributed by atoms with E-state index < -0.39 is 21.2 Å². The molecule has 7 nitrogen and oxygen atoms in total. The van der Waals surface area contributed by atoms with Gasteiger partial charge in [-0.25, -0.2) is 0 Å². The Morgan fingerprint density at radius 1 is 0.875 bits per heavy atom. The molecule has 0 N–H and O–H groups in total. The fraction of sp³-hybridized carbons (Fsp3) is 0. The van der Waals surface area contributed by atoms with Crippen LogP contribution in [-0.2, 0) is 0 Å². The lowest BCUT2D eigenvalue weighted by Gasteiger charge is -2.10. The van der Waals surface area contributed by atoms with Crippen LogP contribution < -0.4 is 4.74 Å². The lowest BCUT2D eigenvalue weighted by atomic mass is 10.1. The molecule has 0 unspecified atom stereocenters. The molecule has 0 amide bonds. The first-order chi connectivity index (χ1) is 11.5. The quantitative estimate of drug-likeness (QED) is 0.484. The number of hydrogen-bond donors (Lipinski definition) is 0. The number of halogens is 1. The van der Waals surface area contributed by atoms with Gasteiger partial charge in [0.1, 0.15) is 5.75 Å². The summed E-state index contributed by atoms with van der Waals surface area (Å²) in [4.78, 5) is 20.5. The Morgan fingerprint density at radius 2 is 1.58 bits per heavy atom. The second kappa shape index (κ2) is 6.13. The van der Waals surface area contributed by atoms with E-state index in [1.807, 2.05) is 18.2 Å². The lowest BCUT2D eigenvalue weighted by molar-refractivity contribution is -0.394. The van der Waals surface area contributed by atoms with Crippen molar-refractivity contribution in [2.24, 2.45) is 0 Å². The van der Waals surface area contributed by atoms with Crippen LogP contribution in [0.5, 0.6) is 11.5 Å². The fourth-order valence-corrected chi connectivity index (χ4v) is 2.53. The van der Waals surface area contributed by atoms with Crippen LogP contribution in [0.1, 0.15) is 0 Å². The highest BCUT2D eigenvalue weighted by Gasteiger charge is 2.22. The van der Waals surface area contributed by atoms with Gasteiger partial charge >= 0.3 is 5.69 Å². The van der Waals surface area contributed by atoms with E-state index in [-0.39, 0.29) is 11.5 Å². The third-order valence-electron chi connectivity index (χ3n) is 3.40. The van der Waals surface area contributed by atoms with Gasteiger partial charge in [-0.05, 0) is 17.5 Å². The molecule has 24 heavy (non-hydrogen) atoms. The Bertz CT molecular complexity index is 974. The lowest BCUT2D eigenvalue weighted by Crippen LogP contribution is -1.96. The summed E-state index contributed by atoms with van der Waals surface area (Å²) < 4.78 is 5.55. The van der Waals surface area contributed by atoms with E-state index in [1.54, 1.807) is 18.2 Å². The highest BCUT2D eigenvalue weighted by Crippen LogP contribution is 2.39. The van der Waals surface area contributed by atoms with Crippen molar-refractivity contribution in [1.29, 1.82) is 0 Å². The minimum Gasteiger partial charge on any atom is -0.449 e. The number of fused-ring (bicyclic) bond motifs is 1. The van der Waals surface area contributed by atoms with E-state index >= 15 is 0 Å². The first-order valence-corrected chi connectivity index (χ1v) is 7.13. The largest absolute Gasteiger partial charge is 0.449 e. The van der Waals surface area contributed by atoms with Gasteiger partial charge < -0.3 is 4.74 Å². The molecule has 3 aromatic rings. The Kier molecular flexibility index (Phi) is 4.01. The van der Waals surface area contributed by atoms with Gasteiger partial charge in [-0.15, -0.1) is 0 Å². The normalized spacial score (nSPS) is 10.5. The standard InChI is InChI=1S/C16H9ClN2O5/c17-16-12-4-2-1-3-10(12)5-7-15(16)24-14-8-6-11(18(20)21)9-13(14)19(22)23/h1-9H. The molecule has 0 saturated carbocycles. The van der Waals surface area contributed by atoms with Crippen LogP contribution in [0.25, 0.3) is 10.8 Å². The Labute approximate surface area is 140 Å². The summed E-state index contributed by atoms with van der Waals surface area (Å²) in [5.74, 6) is 0.107. The molecule has 3 aromatic carbocycles. The summed E-state index contributed by atoms with van der Waals surface area (Å²) in [5.41, 5.74) is -0.896. The average Bonchev–Trinajstić information content (AvgIpc) is 2.57. The van der Waals surface area contributed by atoms with Crippen molar-refractivity contribution in [3.05, 3.63) is 79.8 Å². The molecule has 0 bridgehead atoms. The SMILES string of the molecule is O=[N+]([O-])c1ccc(Oc2ccc3ccccc3c2Cl)c([N+](=O)[O-])c1. The minimum atomic E-state index is -0.739. The predicted molar refractivity (Wildman–Crippen MR) is 88.8 cm³/mol. The minimum absolute atomic E-state index is 0.122. The Hall–Kier alpha value is -3.19. The predicted octanol–water partition coefficient (Wildman–Crippen LogP) is 5.10. The first-order valence-electron chi connectivity index (χ1n) is 6.75. The van der Waals surface area contributed by atoms with E-state index in [0.717, 1.165) is 22.9 Å². The second-order valence-electron chi connectivity index (χ2n) is 4.87. The number of benzene rings is 3. The van der Waals surface area contributed by atoms with E-state index in [1.165, 1.54) is 6.07 Å². The van der Waals surface area contributed by atoms with Crippen LogP contribution >= 0.6 is 11.6 Å². The summed E-state index contributed by atoms with van der Waals surface area (Å²) in [7, 11) is 0. The van der Waals surface area contributed by atoms with E-state index in [4.69, 9.17) is 16.3 Å². The molecule has 0 saturated heterocycles. The van der Waals surface area contributed by atoms with Gasteiger partial charge in [0.05, 0.1) is 20.9 Å². The van der Waals surface area contributed by atoms with E-state index in [9.17, 15) is 20.2 Å². The van der Waals surface area contributed by atoms with Crippen molar-refractivity contribution < 1.29 is 14.6 Å². The number of ether oxygens (including phenoxy) is 1. The van der Waals surface area contributed by atoms with Crippen molar-refractivity contribution in [2.45, 2.75) is 0 Å². The highest BCUT2D eigenvalue weighted by atomic mass is 35.5. The molecular formula is C16H9ClN2O5. The Morgan fingerprint density at radius 3 is 2.29 bits per heavy atom. The van der Waals surface area contributed by atoms with Crippen LogP contribution in [0.4, 0.5) is 11.4 Å². The molecule has 0 fully saturated rings. The van der Waals surface area contributed by atoms with Crippen molar-refractivity contribution in [3.8, 4) is 11.5 Å². The van der Waals surface area contributed by atoms with Crippen LogP contribution in [0, 0.1) is 20.2 Å². The van der Waals surface area contributed by atoms with Crippen molar-refractivity contribution in [2.75, 3.05) is 0 Å². The molecule has 0 spiro atoms. The Balaban J connectivity index is 2.07. The second-order valence-corrected chi connectivity index (χ2v) is 5.25. The molecule has 0 aromatic heterocycles. The van der Waals surface area contributed by atoms with Gasteiger partial charge in [-0.1, -0.05) is 41.9 Å². The summed E-state index contributed by atoms with van der Waals surface area (Å²) in [6.45, 7) is 0. The van der Waals surface area contributed by atoms with Gasteiger partial charge in [-0.2, -0.15) is 0 Å². The topological polar surface area (TPSA) is 95.5 Å². The molecule has 120 valence electrons. The average molecular weight is 345 g/mol. The number of nitro benzene ring substituents is 2. The molecule has 0 aliphatic carbocycles. The number of nitrogens with zero attached hydrogens (tertiary/aromatic N) is 2. The van der Waals surface area contributed by atoms with Gasteiger partial charge in [0, 0.05) is 11.5 Å². The summed E-state index contributed by atoms with van der Waals surface area (Å²) >= 11 is 6.30. The van der Waals surface area contributed by atoms with Crippen LogP contribution in [-0.4, -0.2) is 9.85 Å². The number of non-ortho nitro benzene ring substituents is 1.